The van der Waals surface area contributed by atoms with Crippen molar-refractivity contribution >= 4 is 5.84 Å². The van der Waals surface area contributed by atoms with Crippen LogP contribution >= 0.6 is 0 Å². The first kappa shape index (κ1) is 21.4. The molecule has 0 fully saturated rings. The Morgan fingerprint density at radius 3 is 3.09 bits per heavy atom. The van der Waals surface area contributed by atoms with Gasteiger partial charge in [0.25, 0.3) is 5.88 Å². The number of nitrogens with two attached hydrogens (primary N) is 1. The van der Waals surface area contributed by atoms with E-state index in [9.17, 15) is 4.79 Å². The third-order valence-electron chi connectivity index (χ3n) is 5.36. The maximum Gasteiger partial charge on any atom is 0.351 e. The zero-order chi connectivity index (χ0) is 23.5. The average molecular weight is 463 g/mol. The van der Waals surface area contributed by atoms with Crippen molar-refractivity contribution in [3.63, 3.8) is 0 Å². The summed E-state index contributed by atoms with van der Waals surface area (Å²) in [6.45, 7) is 0.956. The van der Waals surface area contributed by atoms with Crippen molar-refractivity contribution in [2.24, 2.45) is 16.1 Å². The second kappa shape index (κ2) is 9.17. The number of amidine groups is 1. The SMILES string of the molecule is N=N/N=C(\N)COc1ccc2c(c1)CCn1c-2cc(OCC2COc3ncccc3O2)nc1=O. The predicted octanol–water partition coefficient (Wildman–Crippen LogP) is 1.76. The Kier molecular flexibility index (Phi) is 5.77. The van der Waals surface area contributed by atoms with Crippen molar-refractivity contribution in [2.75, 3.05) is 19.8 Å². The largest absolute Gasteiger partial charge is 0.486 e. The van der Waals surface area contributed by atoms with Crippen molar-refractivity contribution in [3.05, 3.63) is 58.6 Å². The molecule has 174 valence electrons. The molecule has 2 aliphatic rings. The number of nitrogens with one attached hydrogen (secondary N) is 1. The summed E-state index contributed by atoms with van der Waals surface area (Å²) in [7, 11) is 0. The van der Waals surface area contributed by atoms with Crippen molar-refractivity contribution in [1.82, 2.24) is 14.5 Å². The lowest BCUT2D eigenvalue weighted by atomic mass is 9.97. The molecule has 1 aromatic carbocycles. The number of rotatable bonds is 7. The molecule has 12 heteroatoms. The van der Waals surface area contributed by atoms with E-state index >= 15 is 0 Å². The van der Waals surface area contributed by atoms with Crippen LogP contribution in [0.25, 0.3) is 11.3 Å². The lowest BCUT2D eigenvalue weighted by molar-refractivity contribution is 0.0486. The van der Waals surface area contributed by atoms with Gasteiger partial charge in [0, 0.05) is 24.4 Å². The molecule has 2 aromatic heterocycles. The summed E-state index contributed by atoms with van der Waals surface area (Å²) in [5.41, 5.74) is 14.6. The summed E-state index contributed by atoms with van der Waals surface area (Å²) in [6, 6.07) is 10.8. The normalized spacial score (nSPS) is 16.2. The fraction of sp³-hybridized carbons (Fsp3) is 0.273. The highest BCUT2D eigenvalue weighted by Gasteiger charge is 2.24. The Labute approximate surface area is 193 Å². The number of fused-ring (bicyclic) bond motifs is 4. The molecule has 0 bridgehead atoms. The summed E-state index contributed by atoms with van der Waals surface area (Å²) in [5, 5.41) is 6.30. The molecule has 12 nitrogen and oxygen atoms in total. The number of hydrogen-bond acceptors (Lipinski definition) is 9. The Balaban J connectivity index is 1.32. The topological polar surface area (TPSA) is 159 Å². The lowest BCUT2D eigenvalue weighted by Crippen LogP contribution is -2.35. The Hall–Kier alpha value is -4.48. The van der Waals surface area contributed by atoms with Crippen molar-refractivity contribution < 1.29 is 18.9 Å². The van der Waals surface area contributed by atoms with Gasteiger partial charge in [-0.1, -0.05) is 5.22 Å². The van der Waals surface area contributed by atoms with Gasteiger partial charge in [0.15, 0.2) is 17.7 Å². The highest BCUT2D eigenvalue weighted by molar-refractivity contribution is 5.81. The molecule has 34 heavy (non-hydrogen) atoms. The van der Waals surface area contributed by atoms with Gasteiger partial charge >= 0.3 is 5.69 Å². The molecule has 1 atom stereocenters. The fourth-order valence-electron chi connectivity index (χ4n) is 3.82. The minimum Gasteiger partial charge on any atom is -0.486 e. The number of nitrogens with zero attached hydrogens (tertiary/aromatic N) is 5. The van der Waals surface area contributed by atoms with Crippen LogP contribution in [0.2, 0.25) is 0 Å². The molecular weight excluding hydrogens is 442 g/mol. The molecule has 1 unspecified atom stereocenters. The maximum atomic E-state index is 12.6. The number of aromatic nitrogens is 3. The highest BCUT2D eigenvalue weighted by atomic mass is 16.6. The summed E-state index contributed by atoms with van der Waals surface area (Å²) in [4.78, 5) is 20.8. The average Bonchev–Trinajstić information content (AvgIpc) is 2.86. The molecule has 5 rings (SSSR count). The second-order valence-electron chi connectivity index (χ2n) is 7.63. The van der Waals surface area contributed by atoms with Gasteiger partial charge in [-0.3, -0.25) is 4.57 Å². The second-order valence-corrected chi connectivity index (χ2v) is 7.63. The van der Waals surface area contributed by atoms with Crippen LogP contribution in [0, 0.1) is 5.53 Å². The number of aryl methyl sites for hydroxylation is 1. The third kappa shape index (κ3) is 4.37. The van der Waals surface area contributed by atoms with Gasteiger partial charge in [-0.2, -0.15) is 10.5 Å². The van der Waals surface area contributed by atoms with E-state index in [0.717, 1.165) is 11.1 Å². The Morgan fingerprint density at radius 2 is 2.21 bits per heavy atom. The van der Waals surface area contributed by atoms with Gasteiger partial charge in [-0.25, -0.2) is 9.78 Å². The number of ether oxygens (including phenoxy) is 4. The molecule has 0 saturated carbocycles. The maximum absolute atomic E-state index is 12.6. The van der Waals surface area contributed by atoms with Crippen LogP contribution in [-0.2, 0) is 13.0 Å². The predicted molar refractivity (Wildman–Crippen MR) is 120 cm³/mol. The van der Waals surface area contributed by atoms with Crippen molar-refractivity contribution in [3.8, 4) is 34.5 Å². The van der Waals surface area contributed by atoms with E-state index < -0.39 is 0 Å². The summed E-state index contributed by atoms with van der Waals surface area (Å²) >= 11 is 0. The van der Waals surface area contributed by atoms with Crippen LogP contribution in [0.15, 0.2) is 57.7 Å². The van der Waals surface area contributed by atoms with E-state index in [1.807, 2.05) is 12.1 Å². The monoisotopic (exact) mass is 463 g/mol. The van der Waals surface area contributed by atoms with Gasteiger partial charge in [0.2, 0.25) is 5.88 Å². The minimum absolute atomic E-state index is 0.0204. The quantitative estimate of drug-likeness (QED) is 0.232. The molecule has 2 aliphatic heterocycles. The van der Waals surface area contributed by atoms with Gasteiger partial charge in [0.05, 0.1) is 5.69 Å². The van der Waals surface area contributed by atoms with Crippen LogP contribution in [0.3, 0.4) is 0 Å². The van der Waals surface area contributed by atoms with Crippen LogP contribution in [-0.4, -0.2) is 46.3 Å². The molecule has 4 heterocycles. The lowest BCUT2D eigenvalue weighted by Gasteiger charge is -2.25. The molecule has 3 N–H and O–H groups in total. The van der Waals surface area contributed by atoms with Gasteiger partial charge in [-0.05, 0) is 42.3 Å². The molecule has 3 aromatic rings. The van der Waals surface area contributed by atoms with Gasteiger partial charge in [-0.15, -0.1) is 5.10 Å². The van der Waals surface area contributed by atoms with E-state index in [-0.39, 0.29) is 43.3 Å². The zero-order valence-electron chi connectivity index (χ0n) is 18.0. The van der Waals surface area contributed by atoms with E-state index in [0.29, 0.717) is 36.0 Å². The Morgan fingerprint density at radius 1 is 1.29 bits per heavy atom. The molecular formula is C22H21N7O5. The molecule has 0 saturated heterocycles. The summed E-state index contributed by atoms with van der Waals surface area (Å²) in [5.74, 6) is 1.92. The number of benzene rings is 1. The van der Waals surface area contributed by atoms with E-state index in [1.165, 1.54) is 0 Å². The Bertz CT molecular complexity index is 1320. The van der Waals surface area contributed by atoms with Crippen molar-refractivity contribution in [2.45, 2.75) is 19.1 Å². The summed E-state index contributed by atoms with van der Waals surface area (Å²) in [6.07, 6.45) is 1.92. The summed E-state index contributed by atoms with van der Waals surface area (Å²) < 4.78 is 24.5. The first-order valence-corrected chi connectivity index (χ1v) is 10.5. The van der Waals surface area contributed by atoms with E-state index in [4.69, 9.17) is 30.2 Å². The van der Waals surface area contributed by atoms with Crippen molar-refractivity contribution in [1.29, 1.82) is 5.53 Å². The molecule has 0 spiro atoms. The first-order valence-electron chi connectivity index (χ1n) is 10.5. The van der Waals surface area contributed by atoms with E-state index in [1.54, 1.807) is 35.0 Å². The van der Waals surface area contributed by atoms with Crippen LogP contribution in [0.5, 0.6) is 23.3 Å². The first-order chi connectivity index (χ1) is 16.6. The number of hydrogen-bond donors (Lipinski definition) is 2. The minimum atomic E-state index is -0.378. The molecule has 0 aliphatic carbocycles. The van der Waals surface area contributed by atoms with Crippen LogP contribution in [0.4, 0.5) is 0 Å². The zero-order valence-corrected chi connectivity index (χ0v) is 18.0. The standard InChI is InChI=1S/C22H21N7O5/c23-19(27-28-24)12-31-14-3-4-16-13(8-14)5-7-29-17(16)9-20(26-22(29)30)32-10-15-11-33-21-18(34-15)2-1-6-25-21/h1-4,6,8-9,15H,5,7,10-12H2,(H3,23,24,27). The van der Waals surface area contributed by atoms with Gasteiger partial charge < -0.3 is 24.7 Å². The third-order valence-corrected chi connectivity index (χ3v) is 5.36. The number of pyridine rings is 1. The molecule has 0 radical (unpaired) electrons. The van der Waals surface area contributed by atoms with Gasteiger partial charge in [0.1, 0.15) is 25.6 Å². The highest BCUT2D eigenvalue weighted by Crippen LogP contribution is 2.33. The fourth-order valence-corrected chi connectivity index (χ4v) is 3.82. The van der Waals surface area contributed by atoms with Crippen LogP contribution < -0.4 is 30.4 Å². The molecule has 0 amide bonds. The van der Waals surface area contributed by atoms with Crippen LogP contribution in [0.1, 0.15) is 5.56 Å². The van der Waals surface area contributed by atoms with E-state index in [2.05, 4.69) is 20.3 Å². The smallest absolute Gasteiger partial charge is 0.351 e.